The number of benzene rings is 2. The monoisotopic (exact) mass is 380 g/mol. The normalized spacial score (nSPS) is 15.0. The first-order valence-corrected chi connectivity index (χ1v) is 9.21. The minimum Gasteiger partial charge on any atom is -0.485 e. The van der Waals surface area contributed by atoms with Gasteiger partial charge in [0.1, 0.15) is 6.61 Å². The van der Waals surface area contributed by atoms with Gasteiger partial charge < -0.3 is 20.1 Å². The molecular formula is C20H16N2O4S. The Morgan fingerprint density at radius 1 is 0.926 bits per heavy atom. The van der Waals surface area contributed by atoms with Gasteiger partial charge in [-0.15, -0.1) is 11.3 Å². The smallest absolute Gasteiger partial charge is 0.269 e. The molecule has 2 N–H and O–H groups in total. The number of thiophene rings is 1. The van der Waals surface area contributed by atoms with Gasteiger partial charge in [0.25, 0.3) is 11.8 Å². The molecule has 1 atom stereocenters. The first kappa shape index (κ1) is 17.1. The van der Waals surface area contributed by atoms with Crippen LogP contribution in [-0.4, -0.2) is 24.5 Å². The second-order valence-corrected chi connectivity index (χ2v) is 6.81. The number of nitrogens with one attached hydrogen (secondary N) is 2. The zero-order valence-corrected chi connectivity index (χ0v) is 15.0. The van der Waals surface area contributed by atoms with E-state index in [4.69, 9.17) is 9.47 Å². The summed E-state index contributed by atoms with van der Waals surface area (Å²) in [5.41, 5.74) is 1.16. The molecule has 0 fully saturated rings. The summed E-state index contributed by atoms with van der Waals surface area (Å²) in [6, 6.07) is 17.8. The molecule has 1 aliphatic heterocycles. The quantitative estimate of drug-likeness (QED) is 0.722. The summed E-state index contributed by atoms with van der Waals surface area (Å²) in [7, 11) is 0. The Kier molecular flexibility index (Phi) is 4.76. The second kappa shape index (κ2) is 7.51. The molecule has 1 aliphatic rings. The van der Waals surface area contributed by atoms with Crippen LogP contribution in [-0.2, 0) is 4.79 Å². The summed E-state index contributed by atoms with van der Waals surface area (Å²) in [5.74, 6) is 0.668. The van der Waals surface area contributed by atoms with Crippen LogP contribution in [0.2, 0.25) is 0 Å². The zero-order valence-electron chi connectivity index (χ0n) is 14.2. The van der Waals surface area contributed by atoms with Gasteiger partial charge in [-0.3, -0.25) is 9.59 Å². The van der Waals surface area contributed by atoms with Crippen molar-refractivity contribution in [1.29, 1.82) is 0 Å². The van der Waals surface area contributed by atoms with Gasteiger partial charge in [0.2, 0.25) is 6.10 Å². The van der Waals surface area contributed by atoms with Crippen LogP contribution >= 0.6 is 11.3 Å². The van der Waals surface area contributed by atoms with Crippen molar-refractivity contribution in [2.45, 2.75) is 6.10 Å². The maximum absolute atomic E-state index is 12.5. The molecule has 2 amide bonds. The zero-order chi connectivity index (χ0) is 18.6. The molecule has 0 saturated carbocycles. The summed E-state index contributed by atoms with van der Waals surface area (Å²) in [4.78, 5) is 25.3. The standard InChI is InChI=1S/C20H16N2O4S/c23-19(17-12-25-15-7-1-2-8-16(15)26-17)21-13-5-3-6-14(11-13)22-20(24)18-9-4-10-27-18/h1-11,17H,12H2,(H,21,23)(H,22,24). The predicted molar refractivity (Wildman–Crippen MR) is 104 cm³/mol. The number of carbonyl (C=O) groups is 2. The van der Waals surface area contributed by atoms with E-state index in [0.29, 0.717) is 27.8 Å². The summed E-state index contributed by atoms with van der Waals surface area (Å²) < 4.78 is 11.3. The van der Waals surface area contributed by atoms with Crippen LogP contribution in [0.1, 0.15) is 9.67 Å². The van der Waals surface area contributed by atoms with E-state index in [-0.39, 0.29) is 18.4 Å². The van der Waals surface area contributed by atoms with E-state index in [1.807, 2.05) is 23.6 Å². The molecule has 2 aromatic carbocycles. The van der Waals surface area contributed by atoms with Crippen molar-refractivity contribution in [3.63, 3.8) is 0 Å². The Balaban J connectivity index is 1.41. The Labute approximate surface area is 159 Å². The van der Waals surface area contributed by atoms with E-state index in [9.17, 15) is 9.59 Å². The topological polar surface area (TPSA) is 76.7 Å². The molecular weight excluding hydrogens is 364 g/mol. The third kappa shape index (κ3) is 3.93. The highest BCUT2D eigenvalue weighted by Crippen LogP contribution is 2.31. The molecule has 2 heterocycles. The molecule has 136 valence electrons. The van der Waals surface area contributed by atoms with Gasteiger partial charge in [-0.25, -0.2) is 0 Å². The Morgan fingerprint density at radius 2 is 1.70 bits per heavy atom. The summed E-state index contributed by atoms with van der Waals surface area (Å²) in [6.07, 6.45) is -0.746. The van der Waals surface area contributed by atoms with E-state index >= 15 is 0 Å². The van der Waals surface area contributed by atoms with Gasteiger partial charge in [0, 0.05) is 11.4 Å². The molecule has 0 bridgehead atoms. The lowest BCUT2D eigenvalue weighted by Gasteiger charge is -2.25. The molecule has 27 heavy (non-hydrogen) atoms. The minimum absolute atomic E-state index is 0.137. The van der Waals surface area contributed by atoms with Crippen molar-refractivity contribution < 1.29 is 19.1 Å². The van der Waals surface area contributed by atoms with E-state index in [2.05, 4.69) is 10.6 Å². The van der Waals surface area contributed by atoms with E-state index < -0.39 is 6.10 Å². The fourth-order valence-corrected chi connectivity index (χ4v) is 3.27. The first-order valence-electron chi connectivity index (χ1n) is 8.33. The maximum Gasteiger partial charge on any atom is 0.269 e. The molecule has 1 unspecified atom stereocenters. The number of hydrogen-bond acceptors (Lipinski definition) is 5. The highest BCUT2D eigenvalue weighted by atomic mass is 32.1. The summed E-state index contributed by atoms with van der Waals surface area (Å²) >= 11 is 1.37. The van der Waals surface area contributed by atoms with Gasteiger partial charge in [-0.1, -0.05) is 24.3 Å². The van der Waals surface area contributed by atoms with Crippen molar-refractivity contribution in [2.24, 2.45) is 0 Å². The number of carbonyl (C=O) groups excluding carboxylic acids is 2. The van der Waals surface area contributed by atoms with Crippen LogP contribution in [0.3, 0.4) is 0 Å². The Morgan fingerprint density at radius 3 is 2.48 bits per heavy atom. The molecule has 1 aromatic heterocycles. The number of para-hydroxylation sites is 2. The summed E-state index contributed by atoms with van der Waals surface area (Å²) in [6.45, 7) is 0.137. The number of fused-ring (bicyclic) bond motifs is 1. The average molecular weight is 380 g/mol. The van der Waals surface area contributed by atoms with E-state index in [1.54, 1.807) is 42.5 Å². The lowest BCUT2D eigenvalue weighted by molar-refractivity contribution is -0.125. The van der Waals surface area contributed by atoms with Crippen molar-refractivity contribution in [3.05, 3.63) is 70.9 Å². The molecule has 6 nitrogen and oxygen atoms in total. The lowest BCUT2D eigenvalue weighted by atomic mass is 10.2. The van der Waals surface area contributed by atoms with Gasteiger partial charge in [-0.2, -0.15) is 0 Å². The largest absolute Gasteiger partial charge is 0.485 e. The molecule has 3 aromatic rings. The third-order valence-electron chi connectivity index (χ3n) is 3.93. The minimum atomic E-state index is -0.746. The number of amides is 2. The first-order chi connectivity index (χ1) is 13.2. The molecule has 0 radical (unpaired) electrons. The lowest BCUT2D eigenvalue weighted by Crippen LogP contribution is -2.40. The Bertz CT molecular complexity index is 972. The fraction of sp³-hybridized carbons (Fsp3) is 0.100. The van der Waals surface area contributed by atoms with Crippen LogP contribution in [0.4, 0.5) is 11.4 Å². The van der Waals surface area contributed by atoms with Crippen LogP contribution in [0, 0.1) is 0 Å². The molecule has 0 spiro atoms. The molecule has 0 saturated heterocycles. The average Bonchev–Trinajstić information content (AvgIpc) is 3.23. The highest BCUT2D eigenvalue weighted by Gasteiger charge is 2.27. The molecule has 7 heteroatoms. The predicted octanol–water partition coefficient (Wildman–Crippen LogP) is 3.78. The van der Waals surface area contributed by atoms with Crippen LogP contribution in [0.25, 0.3) is 0 Å². The van der Waals surface area contributed by atoms with E-state index in [1.165, 1.54) is 11.3 Å². The second-order valence-electron chi connectivity index (χ2n) is 5.87. The van der Waals surface area contributed by atoms with Crippen molar-refractivity contribution in [1.82, 2.24) is 0 Å². The van der Waals surface area contributed by atoms with Crippen molar-refractivity contribution in [3.8, 4) is 11.5 Å². The van der Waals surface area contributed by atoms with Crippen LogP contribution in [0.15, 0.2) is 66.0 Å². The highest BCUT2D eigenvalue weighted by molar-refractivity contribution is 7.12. The number of anilines is 2. The SMILES string of the molecule is O=C(Nc1cccc(NC(=O)C2COc3ccccc3O2)c1)c1cccs1. The Hall–Kier alpha value is -3.32. The number of hydrogen-bond donors (Lipinski definition) is 2. The van der Waals surface area contributed by atoms with E-state index in [0.717, 1.165) is 0 Å². The van der Waals surface area contributed by atoms with Gasteiger partial charge in [0.15, 0.2) is 11.5 Å². The van der Waals surface area contributed by atoms with Crippen LogP contribution < -0.4 is 20.1 Å². The summed E-state index contributed by atoms with van der Waals surface area (Å²) in [5, 5.41) is 7.46. The third-order valence-corrected chi connectivity index (χ3v) is 4.80. The molecule has 4 rings (SSSR count). The van der Waals surface area contributed by atoms with Crippen LogP contribution in [0.5, 0.6) is 11.5 Å². The van der Waals surface area contributed by atoms with Crippen molar-refractivity contribution >= 4 is 34.5 Å². The maximum atomic E-state index is 12.5. The van der Waals surface area contributed by atoms with Gasteiger partial charge in [-0.05, 0) is 41.8 Å². The number of rotatable bonds is 4. The number of ether oxygens (including phenoxy) is 2. The fourth-order valence-electron chi connectivity index (χ4n) is 2.65. The molecule has 0 aliphatic carbocycles. The van der Waals surface area contributed by atoms with Crippen molar-refractivity contribution in [2.75, 3.05) is 17.2 Å². The van der Waals surface area contributed by atoms with Gasteiger partial charge in [0.05, 0.1) is 4.88 Å². The van der Waals surface area contributed by atoms with Gasteiger partial charge >= 0.3 is 0 Å².